The molecule has 1 amide bonds. The smallest absolute Gasteiger partial charge is 0.297 e. The van der Waals surface area contributed by atoms with Gasteiger partial charge in [-0.05, 0) is 37.8 Å². The van der Waals surface area contributed by atoms with E-state index in [2.05, 4.69) is 15.0 Å². The number of fused-ring (bicyclic) bond motifs is 1. The highest BCUT2D eigenvalue weighted by atomic mass is 35.5. The summed E-state index contributed by atoms with van der Waals surface area (Å²) in [7, 11) is 0. The molecule has 4 heterocycles. The molecule has 2 aromatic heterocycles. The number of halogens is 1. The van der Waals surface area contributed by atoms with Gasteiger partial charge in [0, 0.05) is 42.8 Å². The minimum atomic E-state index is -1.10. The fourth-order valence-corrected chi connectivity index (χ4v) is 5.61. The molecular formula is C26H31ClN6O4. The van der Waals surface area contributed by atoms with Crippen LogP contribution in [0.5, 0.6) is 0 Å². The molecule has 10 nitrogen and oxygen atoms in total. The number of carbonyl (C=O) groups excluding carboxylic acids is 1. The van der Waals surface area contributed by atoms with Crippen molar-refractivity contribution >= 4 is 28.8 Å². The van der Waals surface area contributed by atoms with E-state index in [0.29, 0.717) is 44.8 Å². The van der Waals surface area contributed by atoms with Crippen LogP contribution in [0.4, 0.5) is 5.69 Å². The van der Waals surface area contributed by atoms with E-state index in [4.69, 9.17) is 16.3 Å². The van der Waals surface area contributed by atoms with Crippen LogP contribution >= 0.6 is 11.6 Å². The Morgan fingerprint density at radius 3 is 2.57 bits per heavy atom. The van der Waals surface area contributed by atoms with E-state index in [-0.39, 0.29) is 34.2 Å². The molecule has 6 rings (SSSR count). The van der Waals surface area contributed by atoms with Gasteiger partial charge in [0.2, 0.25) is 11.6 Å². The molecule has 1 saturated carbocycles. The van der Waals surface area contributed by atoms with Gasteiger partial charge in [0.05, 0.1) is 25.4 Å². The van der Waals surface area contributed by atoms with Crippen LogP contribution in [0.2, 0.25) is 5.15 Å². The standard InChI is InChI=1S/C26H31ClN6O4/c1-25(5-6-25)24(35)31-9-7-26(36,8-10-31)16-32-17-28-33-20(21(27)29-22(33)23(32)34)18-3-2-4-19(15-18)30-11-13-37-14-12-30/h2-4,15,17,36H,5-14,16H2,1H3. The van der Waals surface area contributed by atoms with Gasteiger partial charge in [-0.3, -0.25) is 14.2 Å². The predicted molar refractivity (Wildman–Crippen MR) is 139 cm³/mol. The summed E-state index contributed by atoms with van der Waals surface area (Å²) in [6.07, 6.45) is 4.10. The number of aromatic nitrogens is 4. The summed E-state index contributed by atoms with van der Waals surface area (Å²) in [5.74, 6) is 0.173. The van der Waals surface area contributed by atoms with Gasteiger partial charge < -0.3 is 19.6 Å². The van der Waals surface area contributed by atoms with Gasteiger partial charge in [-0.25, -0.2) is 9.50 Å². The lowest BCUT2D eigenvalue weighted by Gasteiger charge is -2.39. The Hall–Kier alpha value is -2.95. The number of morpholine rings is 1. The maximum Gasteiger partial charge on any atom is 0.297 e. The number of amides is 1. The summed E-state index contributed by atoms with van der Waals surface area (Å²) in [6.45, 7) is 6.02. The number of likely N-dealkylation sites (tertiary alicyclic amines) is 1. The number of rotatable bonds is 5. The van der Waals surface area contributed by atoms with Gasteiger partial charge in [-0.1, -0.05) is 30.7 Å². The zero-order chi connectivity index (χ0) is 25.8. The summed E-state index contributed by atoms with van der Waals surface area (Å²) < 4.78 is 8.33. The van der Waals surface area contributed by atoms with Gasteiger partial charge in [0.1, 0.15) is 12.0 Å². The molecule has 1 aliphatic carbocycles. The Morgan fingerprint density at radius 1 is 1.14 bits per heavy atom. The van der Waals surface area contributed by atoms with Crippen LogP contribution in [0.1, 0.15) is 32.6 Å². The van der Waals surface area contributed by atoms with Crippen molar-refractivity contribution in [2.45, 2.75) is 44.8 Å². The van der Waals surface area contributed by atoms with Crippen molar-refractivity contribution in [1.29, 1.82) is 0 Å². The van der Waals surface area contributed by atoms with E-state index in [1.54, 1.807) is 0 Å². The molecule has 0 unspecified atom stereocenters. The highest BCUT2D eigenvalue weighted by Gasteiger charge is 2.48. The number of nitrogens with zero attached hydrogens (tertiary/aromatic N) is 6. The average molecular weight is 527 g/mol. The van der Waals surface area contributed by atoms with Gasteiger partial charge in [-0.2, -0.15) is 5.10 Å². The summed E-state index contributed by atoms with van der Waals surface area (Å²) in [5, 5.41) is 15.9. The predicted octanol–water partition coefficient (Wildman–Crippen LogP) is 2.20. The molecule has 3 fully saturated rings. The van der Waals surface area contributed by atoms with Crippen LogP contribution < -0.4 is 10.5 Å². The Morgan fingerprint density at radius 2 is 1.86 bits per heavy atom. The third-order valence-electron chi connectivity index (χ3n) is 8.03. The van der Waals surface area contributed by atoms with Crippen LogP contribution in [0, 0.1) is 5.41 Å². The van der Waals surface area contributed by atoms with Gasteiger partial charge in [0.25, 0.3) is 5.56 Å². The molecule has 0 atom stereocenters. The summed E-state index contributed by atoms with van der Waals surface area (Å²) >= 11 is 6.53. The van der Waals surface area contributed by atoms with E-state index in [9.17, 15) is 14.7 Å². The highest BCUT2D eigenvalue weighted by molar-refractivity contribution is 6.32. The monoisotopic (exact) mass is 526 g/mol. The molecule has 11 heteroatoms. The largest absolute Gasteiger partial charge is 0.388 e. The molecule has 2 saturated heterocycles. The van der Waals surface area contributed by atoms with Crippen molar-refractivity contribution in [3.05, 3.63) is 46.1 Å². The normalized spacial score (nSPS) is 20.8. The minimum absolute atomic E-state index is 0.0843. The van der Waals surface area contributed by atoms with Crippen molar-refractivity contribution in [3.8, 4) is 11.3 Å². The number of hydrogen-bond acceptors (Lipinski definition) is 7. The molecule has 1 N–H and O–H groups in total. The van der Waals surface area contributed by atoms with E-state index in [1.807, 2.05) is 36.1 Å². The van der Waals surface area contributed by atoms with Crippen molar-refractivity contribution in [3.63, 3.8) is 0 Å². The van der Waals surface area contributed by atoms with Gasteiger partial charge in [0.15, 0.2) is 5.15 Å². The number of ether oxygens (including phenoxy) is 1. The molecule has 37 heavy (non-hydrogen) atoms. The number of benzene rings is 1. The minimum Gasteiger partial charge on any atom is -0.388 e. The van der Waals surface area contributed by atoms with Crippen LogP contribution in [0.15, 0.2) is 35.4 Å². The molecule has 3 aromatic rings. The Labute approximate surface area is 219 Å². The van der Waals surface area contributed by atoms with Crippen LogP contribution in [0.3, 0.4) is 0 Å². The number of anilines is 1. The van der Waals surface area contributed by atoms with Crippen LogP contribution in [0.25, 0.3) is 16.9 Å². The molecule has 196 valence electrons. The van der Waals surface area contributed by atoms with Crippen molar-refractivity contribution in [1.82, 2.24) is 24.1 Å². The van der Waals surface area contributed by atoms with Crippen LogP contribution in [-0.2, 0) is 16.1 Å². The quantitative estimate of drug-likeness (QED) is 0.543. The maximum atomic E-state index is 13.4. The third kappa shape index (κ3) is 4.51. The number of aliphatic hydroxyl groups is 1. The Kier molecular flexibility index (Phi) is 6.00. The number of piperidine rings is 1. The van der Waals surface area contributed by atoms with Crippen molar-refractivity contribution < 1.29 is 14.6 Å². The summed E-state index contributed by atoms with van der Waals surface area (Å²) in [4.78, 5) is 34.4. The zero-order valence-corrected chi connectivity index (χ0v) is 21.7. The van der Waals surface area contributed by atoms with Crippen LogP contribution in [-0.4, -0.2) is 80.1 Å². The van der Waals surface area contributed by atoms with Crippen molar-refractivity contribution in [2.75, 3.05) is 44.3 Å². The molecule has 0 bridgehead atoms. The van der Waals surface area contributed by atoms with E-state index in [0.717, 1.165) is 37.2 Å². The van der Waals surface area contributed by atoms with Gasteiger partial charge >= 0.3 is 0 Å². The third-order valence-corrected chi connectivity index (χ3v) is 8.29. The first kappa shape index (κ1) is 24.4. The number of carbonyl (C=O) groups is 1. The first-order chi connectivity index (χ1) is 17.8. The molecule has 0 spiro atoms. The molecular weight excluding hydrogens is 496 g/mol. The topological polar surface area (TPSA) is 105 Å². The van der Waals surface area contributed by atoms with Gasteiger partial charge in [-0.15, -0.1) is 0 Å². The van der Waals surface area contributed by atoms with E-state index in [1.165, 1.54) is 15.4 Å². The molecule has 2 aliphatic heterocycles. The second-order valence-corrected chi connectivity index (χ2v) is 11.1. The molecule has 0 radical (unpaired) electrons. The highest BCUT2D eigenvalue weighted by Crippen LogP contribution is 2.47. The van der Waals surface area contributed by atoms with E-state index < -0.39 is 5.60 Å². The first-order valence-electron chi connectivity index (χ1n) is 12.9. The lowest BCUT2D eigenvalue weighted by atomic mass is 9.90. The lowest BCUT2D eigenvalue weighted by Crippen LogP contribution is -2.51. The maximum absolute atomic E-state index is 13.4. The number of imidazole rings is 1. The molecule has 3 aliphatic rings. The average Bonchev–Trinajstić information content (AvgIpc) is 3.57. The Balaban J connectivity index is 1.24. The second kappa shape index (κ2) is 9.11. The second-order valence-electron chi connectivity index (χ2n) is 10.8. The van der Waals surface area contributed by atoms with Crippen molar-refractivity contribution in [2.24, 2.45) is 5.41 Å². The number of hydrogen-bond donors (Lipinski definition) is 1. The Bertz CT molecular complexity index is 1400. The fraction of sp³-hybridized carbons (Fsp3) is 0.538. The lowest BCUT2D eigenvalue weighted by molar-refractivity contribution is -0.141. The van der Waals surface area contributed by atoms with E-state index >= 15 is 0 Å². The summed E-state index contributed by atoms with van der Waals surface area (Å²) in [6, 6.07) is 7.93. The summed E-state index contributed by atoms with van der Waals surface area (Å²) in [5.41, 5.74) is 0.823. The zero-order valence-electron chi connectivity index (χ0n) is 20.9. The first-order valence-corrected chi connectivity index (χ1v) is 13.2. The molecule has 1 aromatic carbocycles. The SMILES string of the molecule is CC1(C(=O)N2CCC(O)(Cn3cnn4c(-c5cccc(N6CCOCC6)c5)c(Cl)nc4c3=O)CC2)CC1. The fourth-order valence-electron chi connectivity index (χ4n) is 5.34.